The van der Waals surface area contributed by atoms with Crippen molar-refractivity contribution in [2.75, 3.05) is 20.2 Å². The van der Waals surface area contributed by atoms with Crippen molar-refractivity contribution in [1.29, 1.82) is 0 Å². The van der Waals surface area contributed by atoms with Crippen LogP contribution in [0.4, 0.5) is 0 Å². The average Bonchev–Trinajstić information content (AvgIpc) is 2.40. The maximum Gasteiger partial charge on any atom is 0.257 e. The van der Waals surface area contributed by atoms with E-state index in [1.807, 2.05) is 0 Å². The minimum absolute atomic E-state index is 0.0338. The summed E-state index contributed by atoms with van der Waals surface area (Å²) in [5.41, 5.74) is 6.32. The van der Waals surface area contributed by atoms with E-state index < -0.39 is 0 Å². The summed E-state index contributed by atoms with van der Waals surface area (Å²) in [6.45, 7) is 1.26. The second-order valence-electron chi connectivity index (χ2n) is 4.62. The molecule has 1 heterocycles. The van der Waals surface area contributed by atoms with Gasteiger partial charge in [0.1, 0.15) is 5.75 Å². The van der Waals surface area contributed by atoms with Gasteiger partial charge in [0.25, 0.3) is 5.91 Å². The highest BCUT2D eigenvalue weighted by Crippen LogP contribution is 2.31. The number of nitrogens with zero attached hydrogens (tertiary/aromatic N) is 1. The molecule has 1 amide bonds. The molecule has 1 aliphatic rings. The summed E-state index contributed by atoms with van der Waals surface area (Å²) >= 11 is 11.9. The number of nitrogens with two attached hydrogens (primary N) is 1. The molecule has 0 saturated carbocycles. The maximum atomic E-state index is 12.5. The molecule has 0 radical (unpaired) electrons. The number of hydrogen-bond acceptors (Lipinski definition) is 3. The highest BCUT2D eigenvalue weighted by molar-refractivity contribution is 6.42. The quantitative estimate of drug-likeness (QED) is 0.913. The molecule has 19 heavy (non-hydrogen) atoms. The first-order chi connectivity index (χ1) is 9.02. The van der Waals surface area contributed by atoms with Crippen LogP contribution in [0.15, 0.2) is 12.1 Å². The molecule has 2 rings (SSSR count). The molecule has 0 aromatic heterocycles. The van der Waals surface area contributed by atoms with E-state index >= 15 is 0 Å². The number of piperidine rings is 1. The zero-order valence-electron chi connectivity index (χ0n) is 10.7. The van der Waals surface area contributed by atoms with Gasteiger partial charge >= 0.3 is 0 Å². The normalized spacial score (nSPS) is 19.4. The molecular weight excluding hydrogens is 287 g/mol. The SMILES string of the molecule is COc1cc(Cl)c(Cl)cc1C(=O)N1CCC[C@H](N)C1. The summed E-state index contributed by atoms with van der Waals surface area (Å²) < 4.78 is 5.20. The number of benzene rings is 1. The zero-order chi connectivity index (χ0) is 14.0. The van der Waals surface area contributed by atoms with Crippen molar-refractivity contribution in [2.24, 2.45) is 5.73 Å². The summed E-state index contributed by atoms with van der Waals surface area (Å²) in [5, 5.41) is 0.706. The van der Waals surface area contributed by atoms with Crippen molar-refractivity contribution in [2.45, 2.75) is 18.9 Å². The summed E-state index contributed by atoms with van der Waals surface area (Å²) in [5.74, 6) is 0.309. The Kier molecular flexibility index (Phi) is 4.55. The Hall–Kier alpha value is -0.970. The van der Waals surface area contributed by atoms with Crippen LogP contribution in [0.1, 0.15) is 23.2 Å². The van der Waals surface area contributed by atoms with E-state index in [9.17, 15) is 4.79 Å². The van der Waals surface area contributed by atoms with E-state index in [0.717, 1.165) is 12.8 Å². The fraction of sp³-hybridized carbons (Fsp3) is 0.462. The van der Waals surface area contributed by atoms with Gasteiger partial charge in [0.05, 0.1) is 22.7 Å². The van der Waals surface area contributed by atoms with Gasteiger partial charge in [-0.2, -0.15) is 0 Å². The topological polar surface area (TPSA) is 55.6 Å². The van der Waals surface area contributed by atoms with E-state index in [1.54, 1.807) is 17.0 Å². The number of amides is 1. The number of methoxy groups -OCH3 is 1. The van der Waals surface area contributed by atoms with E-state index in [0.29, 0.717) is 34.4 Å². The average molecular weight is 303 g/mol. The Bertz CT molecular complexity index is 494. The number of halogens is 2. The summed E-state index contributed by atoms with van der Waals surface area (Å²) in [4.78, 5) is 14.2. The lowest BCUT2D eigenvalue weighted by Crippen LogP contribution is -2.45. The van der Waals surface area contributed by atoms with Crippen LogP contribution in [-0.4, -0.2) is 37.0 Å². The van der Waals surface area contributed by atoms with Gasteiger partial charge in [0.2, 0.25) is 0 Å². The van der Waals surface area contributed by atoms with Crippen LogP contribution in [0.3, 0.4) is 0 Å². The number of hydrogen-bond donors (Lipinski definition) is 1. The van der Waals surface area contributed by atoms with Crippen LogP contribution in [0.25, 0.3) is 0 Å². The molecule has 1 fully saturated rings. The lowest BCUT2D eigenvalue weighted by Gasteiger charge is -2.31. The van der Waals surface area contributed by atoms with Crippen LogP contribution < -0.4 is 10.5 Å². The number of rotatable bonds is 2. The second-order valence-corrected chi connectivity index (χ2v) is 5.43. The van der Waals surface area contributed by atoms with Gasteiger partial charge in [0.15, 0.2) is 0 Å². The van der Waals surface area contributed by atoms with Crippen LogP contribution >= 0.6 is 23.2 Å². The number of carbonyl (C=O) groups is 1. The molecular formula is C13H16Cl2N2O2. The summed E-state index contributed by atoms with van der Waals surface area (Å²) in [7, 11) is 1.50. The molecule has 4 nitrogen and oxygen atoms in total. The predicted molar refractivity (Wildman–Crippen MR) is 76.1 cm³/mol. The minimum atomic E-state index is -0.120. The zero-order valence-corrected chi connectivity index (χ0v) is 12.2. The molecule has 6 heteroatoms. The molecule has 0 spiro atoms. The highest BCUT2D eigenvalue weighted by atomic mass is 35.5. The van der Waals surface area contributed by atoms with Gasteiger partial charge in [-0.25, -0.2) is 0 Å². The van der Waals surface area contributed by atoms with Crippen molar-refractivity contribution in [3.8, 4) is 5.75 Å². The maximum absolute atomic E-state index is 12.5. The van der Waals surface area contributed by atoms with Gasteiger partial charge < -0.3 is 15.4 Å². The van der Waals surface area contributed by atoms with Gasteiger partial charge in [-0.05, 0) is 18.9 Å². The van der Waals surface area contributed by atoms with Crippen molar-refractivity contribution >= 4 is 29.1 Å². The molecule has 0 aliphatic carbocycles. The van der Waals surface area contributed by atoms with Crippen LogP contribution in [-0.2, 0) is 0 Å². The van der Waals surface area contributed by atoms with E-state index in [4.69, 9.17) is 33.7 Å². The molecule has 1 atom stereocenters. The molecule has 0 unspecified atom stereocenters. The van der Waals surface area contributed by atoms with Crippen LogP contribution in [0, 0.1) is 0 Å². The third-order valence-electron chi connectivity index (χ3n) is 3.22. The molecule has 1 aliphatic heterocycles. The van der Waals surface area contributed by atoms with Gasteiger partial charge in [0, 0.05) is 25.2 Å². The highest BCUT2D eigenvalue weighted by Gasteiger charge is 2.25. The number of likely N-dealkylation sites (tertiary alicyclic amines) is 1. The van der Waals surface area contributed by atoms with Crippen molar-refractivity contribution in [3.05, 3.63) is 27.7 Å². The van der Waals surface area contributed by atoms with Crippen LogP contribution in [0.5, 0.6) is 5.75 Å². The molecule has 2 N–H and O–H groups in total. The Balaban J connectivity index is 2.30. The Morgan fingerprint density at radius 1 is 1.42 bits per heavy atom. The first-order valence-electron chi connectivity index (χ1n) is 6.11. The van der Waals surface area contributed by atoms with Crippen LogP contribution in [0.2, 0.25) is 10.0 Å². The fourth-order valence-corrected chi connectivity index (χ4v) is 2.55. The standard InChI is InChI=1S/C13H16Cl2N2O2/c1-19-12-6-11(15)10(14)5-9(12)13(18)17-4-2-3-8(16)7-17/h5-6,8H,2-4,7,16H2,1H3/t8-/m0/s1. The van der Waals surface area contributed by atoms with E-state index in [-0.39, 0.29) is 11.9 Å². The predicted octanol–water partition coefficient (Wildman–Crippen LogP) is 2.57. The smallest absolute Gasteiger partial charge is 0.257 e. The third kappa shape index (κ3) is 3.14. The van der Waals surface area contributed by atoms with Gasteiger partial charge in [-0.3, -0.25) is 4.79 Å². The van der Waals surface area contributed by atoms with E-state index in [2.05, 4.69) is 0 Å². The van der Waals surface area contributed by atoms with Crippen molar-refractivity contribution in [1.82, 2.24) is 4.90 Å². The molecule has 104 valence electrons. The van der Waals surface area contributed by atoms with Crippen molar-refractivity contribution in [3.63, 3.8) is 0 Å². The van der Waals surface area contributed by atoms with Crippen molar-refractivity contribution < 1.29 is 9.53 Å². The van der Waals surface area contributed by atoms with Gasteiger partial charge in [-0.1, -0.05) is 23.2 Å². The Morgan fingerprint density at radius 3 is 2.74 bits per heavy atom. The summed E-state index contributed by atoms with van der Waals surface area (Å²) in [6.07, 6.45) is 1.86. The first kappa shape index (κ1) is 14.4. The lowest BCUT2D eigenvalue weighted by atomic mass is 10.0. The molecule has 1 aromatic carbocycles. The Morgan fingerprint density at radius 2 is 2.11 bits per heavy atom. The first-order valence-corrected chi connectivity index (χ1v) is 6.86. The number of carbonyl (C=O) groups excluding carboxylic acids is 1. The fourth-order valence-electron chi connectivity index (χ4n) is 2.23. The molecule has 0 bridgehead atoms. The molecule has 1 saturated heterocycles. The largest absolute Gasteiger partial charge is 0.496 e. The molecule has 1 aromatic rings. The van der Waals surface area contributed by atoms with E-state index in [1.165, 1.54) is 7.11 Å². The Labute approximate surface area is 122 Å². The minimum Gasteiger partial charge on any atom is -0.496 e. The third-order valence-corrected chi connectivity index (χ3v) is 3.94. The summed E-state index contributed by atoms with van der Waals surface area (Å²) in [6, 6.07) is 3.14. The number of ether oxygens (including phenoxy) is 1. The van der Waals surface area contributed by atoms with Gasteiger partial charge in [-0.15, -0.1) is 0 Å². The second kappa shape index (κ2) is 5.99. The monoisotopic (exact) mass is 302 g/mol. The lowest BCUT2D eigenvalue weighted by molar-refractivity contribution is 0.0705.